The molecule has 0 amide bonds. The number of nitrogens with zero attached hydrogens (tertiary/aromatic N) is 2. The van der Waals surface area contributed by atoms with Crippen LogP contribution in [0.15, 0.2) is 12.3 Å². The molecule has 0 aliphatic heterocycles. The summed E-state index contributed by atoms with van der Waals surface area (Å²) in [6.45, 7) is 1.96. The average Bonchev–Trinajstić information content (AvgIpc) is 3.75. The van der Waals surface area contributed by atoms with Gasteiger partial charge in [-0.3, -0.25) is 14.6 Å². The summed E-state index contributed by atoms with van der Waals surface area (Å²) >= 11 is 7.52. The summed E-state index contributed by atoms with van der Waals surface area (Å²) in [5.41, 5.74) is 4.63. The number of nitriles is 1. The van der Waals surface area contributed by atoms with Gasteiger partial charge in [-0.05, 0) is 85.8 Å². The molecule has 2 heterocycles. The van der Waals surface area contributed by atoms with Gasteiger partial charge in [0.2, 0.25) is 0 Å². The number of hydrogen-bond donors (Lipinski definition) is 0. The minimum absolute atomic E-state index is 0.228. The number of hydrogen-bond acceptors (Lipinski definition) is 6. The Balaban J connectivity index is 1.30. The smallest absolute Gasteiger partial charge is 0.164 e. The molecule has 2 aromatic heterocycles. The van der Waals surface area contributed by atoms with Crippen molar-refractivity contribution >= 4 is 40.0 Å². The van der Waals surface area contributed by atoms with E-state index in [9.17, 15) is 14.9 Å². The molecule has 3 aliphatic rings. The van der Waals surface area contributed by atoms with Gasteiger partial charge in [-0.15, -0.1) is 11.3 Å². The largest absolute Gasteiger partial charge is 0.299 e. The van der Waals surface area contributed by atoms with Crippen LogP contribution < -0.4 is 0 Å². The number of rotatable bonds is 11. The van der Waals surface area contributed by atoms with Crippen molar-refractivity contribution in [1.82, 2.24) is 4.98 Å². The lowest BCUT2D eigenvalue weighted by Gasteiger charge is -2.23. The van der Waals surface area contributed by atoms with Crippen LogP contribution in [0.3, 0.4) is 0 Å². The normalized spacial score (nSPS) is 19.1. The monoisotopic (exact) mass is 504 g/mol. The van der Waals surface area contributed by atoms with E-state index >= 15 is 0 Å². The minimum atomic E-state index is 0.228. The average molecular weight is 505 g/mol. The van der Waals surface area contributed by atoms with Crippen LogP contribution in [-0.4, -0.2) is 21.4 Å². The lowest BCUT2D eigenvalue weighted by Crippen LogP contribution is -2.19. The fraction of sp³-hybridized carbons (Fsp3) is 0.552. The molecular formula is C29H32N2O2S2. The van der Waals surface area contributed by atoms with Gasteiger partial charge >= 0.3 is 0 Å². The third-order valence-electron chi connectivity index (χ3n) is 7.78. The number of thiocarbonyl (C=S) groups is 1. The number of carbonyl (C=O) groups is 2. The SMILES string of the molecule is Cc1ncc(C#N)cc1CC(=S)C[C@H]1CCc2sc(CC(=O)C3CC3)c(C(=O)CCC3CC3)c2C1. The molecule has 0 bridgehead atoms. The van der Waals surface area contributed by atoms with E-state index in [1.807, 2.05) is 13.0 Å². The summed E-state index contributed by atoms with van der Waals surface area (Å²) in [5.74, 6) is 1.95. The number of pyridine rings is 1. The van der Waals surface area contributed by atoms with Crippen LogP contribution in [0.1, 0.15) is 93.9 Å². The first-order valence-corrected chi connectivity index (χ1v) is 14.2. The second kappa shape index (κ2) is 10.4. The van der Waals surface area contributed by atoms with Crippen molar-refractivity contribution in [1.29, 1.82) is 5.26 Å². The molecule has 2 saturated carbocycles. The minimum Gasteiger partial charge on any atom is -0.299 e. The van der Waals surface area contributed by atoms with Crippen molar-refractivity contribution < 1.29 is 9.59 Å². The highest BCUT2D eigenvalue weighted by Gasteiger charge is 2.34. The Hall–Kier alpha value is -2.23. The number of ketones is 2. The number of fused-ring (bicyclic) bond motifs is 1. The molecule has 5 rings (SSSR count). The Morgan fingerprint density at radius 2 is 1.97 bits per heavy atom. The summed E-state index contributed by atoms with van der Waals surface area (Å²) in [6.07, 6.45) is 12.6. The molecule has 0 spiro atoms. The van der Waals surface area contributed by atoms with Crippen LogP contribution in [-0.2, 0) is 30.5 Å². The maximum absolute atomic E-state index is 13.4. The first-order chi connectivity index (χ1) is 16.9. The van der Waals surface area contributed by atoms with E-state index in [0.717, 1.165) is 77.4 Å². The van der Waals surface area contributed by atoms with Gasteiger partial charge in [-0.1, -0.05) is 25.1 Å². The van der Waals surface area contributed by atoms with Gasteiger partial charge in [0, 0.05) is 52.4 Å². The maximum Gasteiger partial charge on any atom is 0.164 e. The standard InChI is InChI=1S/C29H32N2O2S2/c1-17-22(10-20(15-30)16-31-17)13-23(34)11-19-5-9-27-24(12-19)29(25(32)8-4-18-2-3-18)28(35-27)14-26(33)21-6-7-21/h10,16,18-19,21H,2-9,11-14H2,1H3/t19-/m1/s1. The molecule has 0 radical (unpaired) electrons. The molecule has 0 N–H and O–H groups in total. The van der Waals surface area contributed by atoms with Crippen molar-refractivity contribution in [2.45, 2.75) is 84.0 Å². The molecule has 0 aromatic carbocycles. The van der Waals surface area contributed by atoms with Crippen molar-refractivity contribution in [3.63, 3.8) is 0 Å². The maximum atomic E-state index is 13.4. The third-order valence-corrected chi connectivity index (χ3v) is 9.39. The van der Waals surface area contributed by atoms with Crippen LogP contribution in [0.25, 0.3) is 0 Å². The van der Waals surface area contributed by atoms with Crippen molar-refractivity contribution in [3.8, 4) is 6.07 Å². The highest BCUT2D eigenvalue weighted by molar-refractivity contribution is 7.80. The van der Waals surface area contributed by atoms with E-state index in [2.05, 4.69) is 11.1 Å². The van der Waals surface area contributed by atoms with Gasteiger partial charge in [0.15, 0.2) is 5.78 Å². The van der Waals surface area contributed by atoms with Crippen molar-refractivity contribution in [3.05, 3.63) is 50.0 Å². The molecule has 182 valence electrons. The van der Waals surface area contributed by atoms with E-state index in [1.54, 1.807) is 17.5 Å². The van der Waals surface area contributed by atoms with Crippen LogP contribution >= 0.6 is 23.6 Å². The predicted octanol–water partition coefficient (Wildman–Crippen LogP) is 6.33. The topological polar surface area (TPSA) is 70.8 Å². The van der Waals surface area contributed by atoms with Gasteiger partial charge in [0.25, 0.3) is 0 Å². The van der Waals surface area contributed by atoms with Gasteiger partial charge < -0.3 is 0 Å². The van der Waals surface area contributed by atoms with Crippen LogP contribution in [0.2, 0.25) is 0 Å². The van der Waals surface area contributed by atoms with Crippen molar-refractivity contribution in [2.24, 2.45) is 17.8 Å². The fourth-order valence-electron chi connectivity index (χ4n) is 5.34. The van der Waals surface area contributed by atoms with E-state index in [-0.39, 0.29) is 11.7 Å². The fourth-order valence-corrected chi connectivity index (χ4v) is 7.11. The molecule has 6 heteroatoms. The van der Waals surface area contributed by atoms with E-state index in [4.69, 9.17) is 12.2 Å². The second-order valence-electron chi connectivity index (χ2n) is 10.7. The zero-order valence-corrected chi connectivity index (χ0v) is 22.0. The molecular weight excluding hydrogens is 472 g/mol. The van der Waals surface area contributed by atoms with E-state index in [1.165, 1.54) is 23.3 Å². The van der Waals surface area contributed by atoms with Crippen LogP contribution in [0.5, 0.6) is 0 Å². The molecule has 2 aromatic rings. The Labute approximate surface area is 217 Å². The summed E-state index contributed by atoms with van der Waals surface area (Å²) in [6, 6.07) is 4.06. The number of carbonyl (C=O) groups excluding carboxylic acids is 2. The van der Waals surface area contributed by atoms with Gasteiger partial charge in [0.05, 0.1) is 5.56 Å². The van der Waals surface area contributed by atoms with Gasteiger partial charge in [-0.25, -0.2) is 0 Å². The summed E-state index contributed by atoms with van der Waals surface area (Å²) in [5, 5.41) is 9.20. The highest BCUT2D eigenvalue weighted by Crippen LogP contribution is 2.41. The van der Waals surface area contributed by atoms with Gasteiger partial charge in [0.1, 0.15) is 11.9 Å². The van der Waals surface area contributed by atoms with Crippen molar-refractivity contribution in [2.75, 3.05) is 0 Å². The quantitative estimate of drug-likeness (QED) is 0.264. The summed E-state index contributed by atoms with van der Waals surface area (Å²) in [4.78, 5) is 33.7. The summed E-state index contributed by atoms with van der Waals surface area (Å²) in [7, 11) is 0. The molecule has 0 saturated heterocycles. The summed E-state index contributed by atoms with van der Waals surface area (Å²) < 4.78 is 0. The van der Waals surface area contributed by atoms with Crippen LogP contribution in [0.4, 0.5) is 0 Å². The lowest BCUT2D eigenvalue weighted by molar-refractivity contribution is -0.119. The number of thiophene rings is 1. The zero-order chi connectivity index (χ0) is 24.5. The van der Waals surface area contributed by atoms with Gasteiger partial charge in [-0.2, -0.15) is 5.26 Å². The molecule has 0 unspecified atom stereocenters. The Kier molecular flexibility index (Phi) is 7.27. The predicted molar refractivity (Wildman–Crippen MR) is 142 cm³/mol. The second-order valence-corrected chi connectivity index (χ2v) is 12.5. The van der Waals surface area contributed by atoms with E-state index < -0.39 is 0 Å². The molecule has 2 fully saturated rings. The third kappa shape index (κ3) is 5.95. The zero-order valence-electron chi connectivity index (χ0n) is 20.4. The number of Topliss-reactive ketones (excluding diaryl/α,β-unsaturated/α-hetero) is 2. The Morgan fingerprint density at radius 3 is 2.69 bits per heavy atom. The number of aryl methyl sites for hydroxylation is 2. The first-order valence-electron chi connectivity index (χ1n) is 13.0. The van der Waals surface area contributed by atoms with Crippen LogP contribution in [0, 0.1) is 36.0 Å². The molecule has 4 nitrogen and oxygen atoms in total. The first kappa shape index (κ1) is 24.5. The van der Waals surface area contributed by atoms with E-state index in [0.29, 0.717) is 36.5 Å². The lowest BCUT2D eigenvalue weighted by atomic mass is 9.81. The number of aromatic nitrogens is 1. The Bertz CT molecular complexity index is 1210. The molecule has 35 heavy (non-hydrogen) atoms. The Morgan fingerprint density at radius 1 is 1.17 bits per heavy atom. The molecule has 1 atom stereocenters. The molecule has 3 aliphatic carbocycles. The highest BCUT2D eigenvalue weighted by atomic mass is 32.1.